The number of rotatable bonds is 6. The fourth-order valence-corrected chi connectivity index (χ4v) is 3.05. The van der Waals surface area contributed by atoms with Crippen LogP contribution in [0.25, 0.3) is 10.8 Å². The molecule has 0 spiro atoms. The lowest BCUT2D eigenvalue weighted by Gasteiger charge is -2.15. The molecule has 0 bridgehead atoms. The van der Waals surface area contributed by atoms with E-state index in [-0.39, 0.29) is 12.8 Å². The Kier molecular flexibility index (Phi) is 5.87. The summed E-state index contributed by atoms with van der Waals surface area (Å²) in [4.78, 5) is 23.8. The van der Waals surface area contributed by atoms with E-state index in [0.29, 0.717) is 5.56 Å². The molecule has 3 aromatic rings. The van der Waals surface area contributed by atoms with Crippen molar-refractivity contribution in [3.8, 4) is 0 Å². The normalized spacial score (nSPS) is 12.5. The lowest BCUT2D eigenvalue weighted by Crippen LogP contribution is -2.43. The van der Waals surface area contributed by atoms with Crippen LogP contribution in [0, 0.1) is 0 Å². The van der Waals surface area contributed by atoms with E-state index in [1.54, 1.807) is 6.07 Å². The zero-order chi connectivity index (χ0) is 21.0. The predicted molar refractivity (Wildman–Crippen MR) is 102 cm³/mol. The molecule has 0 aliphatic heterocycles. The maximum atomic E-state index is 12.6. The van der Waals surface area contributed by atoms with E-state index in [2.05, 4.69) is 5.32 Å². The first-order valence-electron chi connectivity index (χ1n) is 8.88. The lowest BCUT2D eigenvalue weighted by molar-refractivity contribution is -0.141. The molecule has 0 aliphatic rings. The first-order chi connectivity index (χ1) is 13.7. The number of hydrogen-bond donors (Lipinski definition) is 2. The molecule has 29 heavy (non-hydrogen) atoms. The largest absolute Gasteiger partial charge is 0.480 e. The molecule has 2 N–H and O–H groups in total. The first kappa shape index (κ1) is 20.4. The number of halogens is 3. The van der Waals surface area contributed by atoms with E-state index in [1.807, 2.05) is 36.4 Å². The number of nitrogens with one attached hydrogen (secondary N) is 1. The molecule has 0 saturated carbocycles. The number of aliphatic carboxylic acids is 1. The van der Waals surface area contributed by atoms with Gasteiger partial charge in [0.1, 0.15) is 6.04 Å². The van der Waals surface area contributed by atoms with Crippen molar-refractivity contribution >= 4 is 22.6 Å². The van der Waals surface area contributed by atoms with Gasteiger partial charge in [-0.25, -0.2) is 4.79 Å². The smallest absolute Gasteiger partial charge is 0.416 e. The lowest BCUT2D eigenvalue weighted by atomic mass is 10.0. The maximum absolute atomic E-state index is 12.6. The molecule has 0 aromatic heterocycles. The van der Waals surface area contributed by atoms with Crippen molar-refractivity contribution in [2.24, 2.45) is 0 Å². The highest BCUT2D eigenvalue weighted by molar-refractivity contribution is 5.87. The van der Waals surface area contributed by atoms with E-state index in [0.717, 1.165) is 28.5 Å². The molecule has 3 rings (SSSR count). The first-order valence-corrected chi connectivity index (χ1v) is 8.88. The average Bonchev–Trinajstić information content (AvgIpc) is 2.67. The molecule has 150 valence electrons. The summed E-state index contributed by atoms with van der Waals surface area (Å²) in [6.07, 6.45) is -4.57. The summed E-state index contributed by atoms with van der Waals surface area (Å²) in [5, 5.41) is 13.8. The van der Waals surface area contributed by atoms with Gasteiger partial charge in [0, 0.05) is 6.42 Å². The van der Waals surface area contributed by atoms with Gasteiger partial charge in [-0.1, -0.05) is 54.6 Å². The van der Waals surface area contributed by atoms with Crippen molar-refractivity contribution in [1.82, 2.24) is 5.32 Å². The molecule has 0 heterocycles. The van der Waals surface area contributed by atoms with Crippen LogP contribution in [0.1, 0.15) is 16.7 Å². The summed E-state index contributed by atoms with van der Waals surface area (Å²) in [7, 11) is 0. The Labute approximate surface area is 165 Å². The number of carboxylic acid groups (broad SMARTS) is 1. The van der Waals surface area contributed by atoms with E-state index in [9.17, 15) is 27.9 Å². The van der Waals surface area contributed by atoms with E-state index in [4.69, 9.17) is 0 Å². The SMILES string of the molecule is O=C(Cc1ccc2ccccc2c1)N[C@@H](Cc1ccc(C(F)(F)F)cc1)C(=O)O. The Morgan fingerprint density at radius 2 is 1.52 bits per heavy atom. The zero-order valence-electron chi connectivity index (χ0n) is 15.2. The second kappa shape index (κ2) is 8.34. The molecule has 4 nitrogen and oxygen atoms in total. The zero-order valence-corrected chi connectivity index (χ0v) is 15.2. The van der Waals surface area contributed by atoms with E-state index in [1.165, 1.54) is 12.1 Å². The molecule has 0 unspecified atom stereocenters. The van der Waals surface area contributed by atoms with Crippen LogP contribution in [0.2, 0.25) is 0 Å². The molecule has 3 aromatic carbocycles. The Hall–Kier alpha value is -3.35. The predicted octanol–water partition coefficient (Wildman–Crippen LogP) is 4.21. The van der Waals surface area contributed by atoms with Crippen LogP contribution in [0.4, 0.5) is 13.2 Å². The summed E-state index contributed by atoms with van der Waals surface area (Å²) in [5.74, 6) is -1.73. The van der Waals surface area contributed by atoms with Gasteiger partial charge in [0.15, 0.2) is 0 Å². The van der Waals surface area contributed by atoms with Crippen LogP contribution in [-0.2, 0) is 28.6 Å². The van der Waals surface area contributed by atoms with Gasteiger partial charge in [0.2, 0.25) is 5.91 Å². The van der Waals surface area contributed by atoms with Crippen molar-refractivity contribution < 1.29 is 27.9 Å². The molecule has 0 fully saturated rings. The maximum Gasteiger partial charge on any atom is 0.416 e. The van der Waals surface area contributed by atoms with Gasteiger partial charge in [-0.15, -0.1) is 0 Å². The van der Waals surface area contributed by atoms with Crippen molar-refractivity contribution in [1.29, 1.82) is 0 Å². The minimum Gasteiger partial charge on any atom is -0.480 e. The summed E-state index contributed by atoms with van der Waals surface area (Å²) < 4.78 is 37.9. The Balaban J connectivity index is 1.66. The van der Waals surface area contributed by atoms with E-state index >= 15 is 0 Å². The number of carbonyl (C=O) groups excluding carboxylic acids is 1. The standard InChI is InChI=1S/C22H18F3NO3/c23-22(24,25)18-9-6-14(7-10-18)12-19(21(28)29)26-20(27)13-15-5-8-16-3-1-2-4-17(16)11-15/h1-11,19H,12-13H2,(H,26,27)(H,28,29)/t19-/m0/s1. The molecular weight excluding hydrogens is 383 g/mol. The van der Waals surface area contributed by atoms with Gasteiger partial charge in [-0.2, -0.15) is 13.2 Å². The van der Waals surface area contributed by atoms with Gasteiger partial charge in [-0.05, 0) is 34.0 Å². The number of benzene rings is 3. The quantitative estimate of drug-likeness (QED) is 0.650. The monoisotopic (exact) mass is 401 g/mol. The highest BCUT2D eigenvalue weighted by Gasteiger charge is 2.30. The van der Waals surface area contributed by atoms with Gasteiger partial charge in [0.05, 0.1) is 12.0 Å². The van der Waals surface area contributed by atoms with Gasteiger partial charge >= 0.3 is 12.1 Å². The number of fused-ring (bicyclic) bond motifs is 1. The van der Waals surface area contributed by atoms with Crippen molar-refractivity contribution in [2.75, 3.05) is 0 Å². The second-order valence-corrected chi connectivity index (χ2v) is 6.72. The average molecular weight is 401 g/mol. The Bertz CT molecular complexity index is 1030. The van der Waals surface area contributed by atoms with Crippen LogP contribution in [-0.4, -0.2) is 23.0 Å². The summed E-state index contributed by atoms with van der Waals surface area (Å²) in [6, 6.07) is 16.2. The van der Waals surface area contributed by atoms with Crippen LogP contribution in [0.3, 0.4) is 0 Å². The van der Waals surface area contributed by atoms with Gasteiger partial charge < -0.3 is 10.4 Å². The topological polar surface area (TPSA) is 66.4 Å². The van der Waals surface area contributed by atoms with Crippen molar-refractivity contribution in [2.45, 2.75) is 25.1 Å². The highest BCUT2D eigenvalue weighted by atomic mass is 19.4. The van der Waals surface area contributed by atoms with Crippen LogP contribution in [0.15, 0.2) is 66.7 Å². The number of hydrogen-bond acceptors (Lipinski definition) is 2. The van der Waals surface area contributed by atoms with Gasteiger partial charge in [0.25, 0.3) is 0 Å². The number of carbonyl (C=O) groups is 2. The molecule has 0 saturated heterocycles. The van der Waals surface area contributed by atoms with Crippen molar-refractivity contribution in [3.63, 3.8) is 0 Å². The third-order valence-corrected chi connectivity index (χ3v) is 4.53. The third-order valence-electron chi connectivity index (χ3n) is 4.53. The number of amides is 1. The minimum absolute atomic E-state index is 0.00161. The molecule has 1 amide bonds. The molecule has 1 atom stereocenters. The Morgan fingerprint density at radius 1 is 0.897 bits per heavy atom. The highest BCUT2D eigenvalue weighted by Crippen LogP contribution is 2.29. The van der Waals surface area contributed by atoms with Crippen LogP contribution >= 0.6 is 0 Å². The van der Waals surface area contributed by atoms with Crippen LogP contribution in [0.5, 0.6) is 0 Å². The van der Waals surface area contributed by atoms with Crippen molar-refractivity contribution in [3.05, 3.63) is 83.4 Å². The fourth-order valence-electron chi connectivity index (χ4n) is 3.05. The summed E-state index contributed by atoms with van der Waals surface area (Å²) in [6.45, 7) is 0. The van der Waals surface area contributed by atoms with Gasteiger partial charge in [-0.3, -0.25) is 4.79 Å². The fraction of sp³-hybridized carbons (Fsp3) is 0.182. The number of alkyl halides is 3. The molecule has 7 heteroatoms. The minimum atomic E-state index is -4.46. The van der Waals surface area contributed by atoms with E-state index < -0.39 is 29.7 Å². The second-order valence-electron chi connectivity index (χ2n) is 6.72. The third kappa shape index (κ3) is 5.34. The van der Waals surface area contributed by atoms with Crippen LogP contribution < -0.4 is 5.32 Å². The Morgan fingerprint density at radius 3 is 2.14 bits per heavy atom. The number of carboxylic acids is 1. The summed E-state index contributed by atoms with van der Waals surface area (Å²) in [5.41, 5.74) is 0.310. The molecule has 0 aliphatic carbocycles. The summed E-state index contributed by atoms with van der Waals surface area (Å²) >= 11 is 0. The molecular formula is C22H18F3NO3. The molecule has 0 radical (unpaired) electrons.